The number of aliphatic hydroxyl groups excluding tert-OH is 1. The number of aliphatic imine (C=N–C) groups is 1. The van der Waals surface area contributed by atoms with Gasteiger partial charge in [0.25, 0.3) is 5.91 Å². The first kappa shape index (κ1) is 25.4. The van der Waals surface area contributed by atoms with Crippen LogP contribution in [0.3, 0.4) is 0 Å². The van der Waals surface area contributed by atoms with E-state index in [1.165, 1.54) is 18.2 Å². The van der Waals surface area contributed by atoms with Crippen molar-refractivity contribution in [2.24, 2.45) is 10.7 Å². The molecule has 0 fully saturated rings. The predicted molar refractivity (Wildman–Crippen MR) is 126 cm³/mol. The van der Waals surface area contributed by atoms with E-state index in [2.05, 4.69) is 10.3 Å². The first-order valence-electron chi connectivity index (χ1n) is 9.78. The number of amidine groups is 1. The molecule has 2 aromatic rings. The molecule has 10 heteroatoms. The van der Waals surface area contributed by atoms with Crippen LogP contribution in [0.4, 0.5) is 0 Å². The van der Waals surface area contributed by atoms with Crippen LogP contribution in [0.25, 0.3) is 0 Å². The average Bonchev–Trinajstić information content (AvgIpc) is 2.78. The van der Waals surface area contributed by atoms with Crippen LogP contribution in [0, 0.1) is 0 Å². The van der Waals surface area contributed by atoms with E-state index in [1.807, 2.05) is 6.92 Å². The fourth-order valence-corrected chi connectivity index (χ4v) is 3.57. The molecule has 172 valence electrons. The molecule has 0 saturated heterocycles. The van der Waals surface area contributed by atoms with E-state index in [1.54, 1.807) is 44.4 Å². The molecule has 0 aliphatic rings. The summed E-state index contributed by atoms with van der Waals surface area (Å²) >= 11 is 6.30. The zero-order valence-corrected chi connectivity index (χ0v) is 19.6. The Bertz CT molecular complexity index is 1040. The quantitative estimate of drug-likeness (QED) is 0.353. The van der Waals surface area contributed by atoms with Gasteiger partial charge in [-0.25, -0.2) is 0 Å². The highest BCUT2D eigenvalue weighted by Crippen LogP contribution is 2.33. The smallest absolute Gasteiger partial charge is 0.279 e. The molecular weight excluding hydrogens is 454 g/mol. The Kier molecular flexibility index (Phi) is 9.70. The van der Waals surface area contributed by atoms with Gasteiger partial charge in [-0.05, 0) is 49.5 Å². The van der Waals surface area contributed by atoms with E-state index < -0.39 is 22.8 Å². The van der Waals surface area contributed by atoms with Crippen molar-refractivity contribution >= 4 is 34.1 Å². The summed E-state index contributed by atoms with van der Waals surface area (Å²) in [5, 5.41) is 12.3. The van der Waals surface area contributed by atoms with Gasteiger partial charge in [-0.3, -0.25) is 9.00 Å². The minimum absolute atomic E-state index is 0.0180. The van der Waals surface area contributed by atoms with Gasteiger partial charge in [0, 0.05) is 29.3 Å². The van der Waals surface area contributed by atoms with Crippen LogP contribution in [-0.4, -0.2) is 46.6 Å². The van der Waals surface area contributed by atoms with Crippen molar-refractivity contribution in [3.63, 3.8) is 0 Å². The Labute approximate surface area is 194 Å². The molecule has 2 atom stereocenters. The molecule has 1 unspecified atom stereocenters. The van der Waals surface area contributed by atoms with Crippen molar-refractivity contribution in [1.82, 2.24) is 5.32 Å². The molecule has 0 saturated carbocycles. The SMILES string of the molecule is CCS(=O)c1ccc(Oc2cc(O[C@@H](C)CO)cc(C(=O)N=C(N)/C=C\NC)c2)c(Cl)c1. The molecule has 1 amide bonds. The van der Waals surface area contributed by atoms with Crippen LogP contribution in [0.1, 0.15) is 24.2 Å². The van der Waals surface area contributed by atoms with Gasteiger partial charge < -0.3 is 25.6 Å². The lowest BCUT2D eigenvalue weighted by molar-refractivity contribution is 0.100. The molecule has 32 heavy (non-hydrogen) atoms. The number of ether oxygens (including phenoxy) is 2. The first-order chi connectivity index (χ1) is 15.3. The molecule has 4 N–H and O–H groups in total. The van der Waals surface area contributed by atoms with Crippen LogP contribution >= 0.6 is 11.6 Å². The second-order valence-corrected chi connectivity index (χ2v) is 8.74. The third-order valence-corrected chi connectivity index (χ3v) is 5.63. The highest BCUT2D eigenvalue weighted by molar-refractivity contribution is 7.85. The summed E-state index contributed by atoms with van der Waals surface area (Å²) in [4.78, 5) is 17.0. The van der Waals surface area contributed by atoms with Crippen molar-refractivity contribution in [2.45, 2.75) is 24.8 Å². The zero-order valence-electron chi connectivity index (χ0n) is 18.0. The maximum atomic E-state index is 12.6. The topological polar surface area (TPSA) is 123 Å². The number of benzene rings is 2. The van der Waals surface area contributed by atoms with Gasteiger partial charge in [0.1, 0.15) is 29.2 Å². The minimum atomic E-state index is -1.15. The number of carbonyl (C=O) groups is 1. The maximum absolute atomic E-state index is 12.6. The lowest BCUT2D eigenvalue weighted by Gasteiger charge is -2.15. The summed E-state index contributed by atoms with van der Waals surface area (Å²) in [7, 11) is 0.540. The molecule has 0 aliphatic carbocycles. The van der Waals surface area contributed by atoms with Gasteiger partial charge in [0.2, 0.25) is 0 Å². The van der Waals surface area contributed by atoms with Gasteiger partial charge in [-0.2, -0.15) is 4.99 Å². The van der Waals surface area contributed by atoms with Gasteiger partial charge in [0.15, 0.2) is 0 Å². The molecule has 0 radical (unpaired) electrons. The summed E-state index contributed by atoms with van der Waals surface area (Å²) in [5.74, 6) is 0.764. The third kappa shape index (κ3) is 7.37. The Hall–Kier alpha value is -2.88. The van der Waals surface area contributed by atoms with E-state index in [0.29, 0.717) is 22.1 Å². The van der Waals surface area contributed by atoms with E-state index >= 15 is 0 Å². The number of aliphatic hydroxyl groups is 1. The molecule has 0 heterocycles. The Morgan fingerprint density at radius 3 is 2.66 bits per heavy atom. The molecule has 0 aromatic heterocycles. The van der Waals surface area contributed by atoms with E-state index in [-0.39, 0.29) is 28.8 Å². The number of hydrogen-bond donors (Lipinski definition) is 3. The molecule has 0 bridgehead atoms. The number of amides is 1. The highest BCUT2D eigenvalue weighted by atomic mass is 35.5. The largest absolute Gasteiger partial charge is 0.488 e. The number of rotatable bonds is 10. The molecule has 0 aliphatic heterocycles. The normalized spacial score (nSPS) is 13.6. The molecule has 2 rings (SSSR count). The van der Waals surface area contributed by atoms with Gasteiger partial charge >= 0.3 is 0 Å². The van der Waals surface area contributed by atoms with Gasteiger partial charge in [-0.1, -0.05) is 18.5 Å². The number of nitrogens with zero attached hydrogens (tertiary/aromatic N) is 1. The zero-order chi connectivity index (χ0) is 23.7. The molecule has 2 aromatic carbocycles. The van der Waals surface area contributed by atoms with E-state index in [9.17, 15) is 14.1 Å². The minimum Gasteiger partial charge on any atom is -0.488 e. The molecule has 0 spiro atoms. The lowest BCUT2D eigenvalue weighted by Crippen LogP contribution is -2.16. The predicted octanol–water partition coefficient (Wildman–Crippen LogP) is 3.25. The van der Waals surface area contributed by atoms with Crippen LogP contribution < -0.4 is 20.5 Å². The fourth-order valence-electron chi connectivity index (χ4n) is 2.48. The number of carbonyl (C=O) groups excluding carboxylic acids is 1. The maximum Gasteiger partial charge on any atom is 0.279 e. The second-order valence-electron chi connectivity index (χ2n) is 6.60. The van der Waals surface area contributed by atoms with Crippen LogP contribution in [0.15, 0.2) is 58.6 Å². The Morgan fingerprint density at radius 1 is 1.31 bits per heavy atom. The molecule has 8 nitrogen and oxygen atoms in total. The number of halogens is 1. The van der Waals surface area contributed by atoms with Crippen LogP contribution in [0.5, 0.6) is 17.2 Å². The summed E-state index contributed by atoms with van der Waals surface area (Å²) < 4.78 is 23.5. The first-order valence-corrected chi connectivity index (χ1v) is 11.5. The Morgan fingerprint density at radius 2 is 2.03 bits per heavy atom. The summed E-state index contributed by atoms with van der Waals surface area (Å²) in [6, 6.07) is 9.37. The van der Waals surface area contributed by atoms with Crippen LogP contribution in [-0.2, 0) is 10.8 Å². The van der Waals surface area contributed by atoms with Crippen molar-refractivity contribution in [1.29, 1.82) is 0 Å². The third-order valence-electron chi connectivity index (χ3n) is 4.03. The fraction of sp³-hybridized carbons (Fsp3) is 0.273. The number of hydrogen-bond acceptors (Lipinski definition) is 6. The van der Waals surface area contributed by atoms with E-state index in [4.69, 9.17) is 26.8 Å². The lowest BCUT2D eigenvalue weighted by atomic mass is 10.2. The monoisotopic (exact) mass is 479 g/mol. The second kappa shape index (κ2) is 12.2. The standard InChI is InChI=1S/C22H26ClN3O5S/c1-4-32(29)18-5-6-20(19(23)12-18)31-17-10-15(9-16(11-17)30-14(2)13-27)22(28)26-21(24)7-8-25-3/h5-12,14,25,27H,4,13H2,1-3H3,(H2,24,26,28)/b8-7-/t14-,32?/m0/s1. The number of nitrogens with two attached hydrogens (primary N) is 1. The van der Waals surface area contributed by atoms with Crippen molar-refractivity contribution in [3.8, 4) is 17.2 Å². The summed E-state index contributed by atoms with van der Waals surface area (Å²) in [5.41, 5.74) is 5.90. The summed E-state index contributed by atoms with van der Waals surface area (Å²) in [6.07, 6.45) is 2.48. The van der Waals surface area contributed by atoms with Crippen molar-refractivity contribution in [2.75, 3.05) is 19.4 Å². The van der Waals surface area contributed by atoms with Crippen molar-refractivity contribution in [3.05, 3.63) is 59.3 Å². The average molecular weight is 480 g/mol. The van der Waals surface area contributed by atoms with Gasteiger partial charge in [0.05, 0.1) is 22.4 Å². The van der Waals surface area contributed by atoms with Gasteiger partial charge in [-0.15, -0.1) is 0 Å². The van der Waals surface area contributed by atoms with E-state index in [0.717, 1.165) is 0 Å². The highest BCUT2D eigenvalue weighted by Gasteiger charge is 2.14. The molecular formula is C22H26ClN3O5S. The summed E-state index contributed by atoms with van der Waals surface area (Å²) in [6.45, 7) is 3.28. The van der Waals surface area contributed by atoms with Crippen molar-refractivity contribution < 1.29 is 23.6 Å². The number of nitrogens with one attached hydrogen (secondary N) is 1. The van der Waals surface area contributed by atoms with Crippen LogP contribution in [0.2, 0.25) is 5.02 Å². The Balaban J connectivity index is 2.40.